The van der Waals surface area contributed by atoms with E-state index in [9.17, 15) is 22.1 Å². The molecule has 1 aromatic heterocycles. The minimum Gasteiger partial charge on any atom is -0.602 e. The summed E-state index contributed by atoms with van der Waals surface area (Å²) >= 11 is -3.35. The van der Waals surface area contributed by atoms with E-state index in [1.807, 2.05) is 0 Å². The molecule has 1 aliphatic rings. The quantitative estimate of drug-likeness (QED) is 0.632. The normalized spacial score (nSPS) is 23.1. The lowest BCUT2D eigenvalue weighted by Gasteiger charge is -2.12. The number of halogens is 4. The van der Waals surface area contributed by atoms with Gasteiger partial charge in [-0.25, -0.2) is 9.07 Å². The zero-order valence-electron chi connectivity index (χ0n) is 10.4. The van der Waals surface area contributed by atoms with Crippen LogP contribution in [0.4, 0.5) is 17.6 Å². The van der Waals surface area contributed by atoms with Gasteiger partial charge in [-0.1, -0.05) is 30.3 Å². The fourth-order valence-electron chi connectivity index (χ4n) is 2.29. The van der Waals surface area contributed by atoms with Gasteiger partial charge in [-0.3, -0.25) is 0 Å². The number of aromatic nitrogens is 3. The number of nitrogens with zero attached hydrogens (tertiary/aromatic N) is 3. The smallest absolute Gasteiger partial charge is 0.581 e. The zero-order chi connectivity index (χ0) is 15.2. The Kier molecular flexibility index (Phi) is 3.40. The van der Waals surface area contributed by atoms with Gasteiger partial charge in [0.05, 0.1) is 6.04 Å². The van der Waals surface area contributed by atoms with Crippen molar-refractivity contribution in [3.8, 4) is 0 Å². The molecule has 0 saturated heterocycles. The number of fused-ring (bicyclic) bond motifs is 1. The van der Waals surface area contributed by atoms with Crippen LogP contribution in [0.25, 0.3) is 0 Å². The van der Waals surface area contributed by atoms with Crippen LogP contribution in [-0.2, 0) is 11.2 Å². The van der Waals surface area contributed by atoms with Crippen molar-refractivity contribution in [3.63, 3.8) is 0 Å². The van der Waals surface area contributed by atoms with Crippen LogP contribution < -0.4 is 0 Å². The first-order valence-corrected chi connectivity index (χ1v) is 7.17. The summed E-state index contributed by atoms with van der Waals surface area (Å²) < 4.78 is 63.6. The van der Waals surface area contributed by atoms with Crippen molar-refractivity contribution in [2.45, 2.75) is 29.3 Å². The standard InChI is InChI=1S/C12H9F4N3OS/c13-8-6-9(7-4-2-1-3-5-7)19-10(8)17-11(18-19)21(20)12(14,15)16/h1-5,8-9H,6H2/t8?,9?,21-/m1/s1. The molecule has 3 atom stereocenters. The molecule has 0 spiro atoms. The van der Waals surface area contributed by atoms with Crippen LogP contribution in [0.5, 0.6) is 0 Å². The molecule has 2 unspecified atom stereocenters. The lowest BCUT2D eigenvalue weighted by atomic mass is 10.0. The SMILES string of the molecule is [O-][S@+](c1nc2n(n1)C(c1ccccc1)CC2F)C(F)(F)F. The first kappa shape index (κ1) is 14.3. The van der Waals surface area contributed by atoms with E-state index in [1.165, 1.54) is 0 Å². The van der Waals surface area contributed by atoms with Crippen LogP contribution in [0.2, 0.25) is 0 Å². The van der Waals surface area contributed by atoms with Crippen molar-refractivity contribution < 1.29 is 22.1 Å². The Morgan fingerprint density at radius 2 is 1.90 bits per heavy atom. The molecular weight excluding hydrogens is 310 g/mol. The molecule has 0 amide bonds. The molecule has 0 saturated carbocycles. The predicted molar refractivity (Wildman–Crippen MR) is 65.5 cm³/mol. The average molecular weight is 319 g/mol. The van der Waals surface area contributed by atoms with E-state index < -0.39 is 34.1 Å². The molecule has 3 rings (SSSR count). The highest BCUT2D eigenvalue weighted by Gasteiger charge is 2.50. The molecule has 0 fully saturated rings. The lowest BCUT2D eigenvalue weighted by Crippen LogP contribution is -2.25. The summed E-state index contributed by atoms with van der Waals surface area (Å²) in [7, 11) is 0. The minimum absolute atomic E-state index is 0.0538. The summed E-state index contributed by atoms with van der Waals surface area (Å²) in [5.41, 5.74) is -4.25. The van der Waals surface area contributed by atoms with Crippen molar-refractivity contribution in [1.29, 1.82) is 0 Å². The first-order chi connectivity index (χ1) is 9.88. The van der Waals surface area contributed by atoms with E-state index in [1.54, 1.807) is 30.3 Å². The van der Waals surface area contributed by atoms with Gasteiger partial charge in [0.1, 0.15) is 11.2 Å². The Morgan fingerprint density at radius 1 is 1.24 bits per heavy atom. The third-order valence-electron chi connectivity index (χ3n) is 3.20. The monoisotopic (exact) mass is 319 g/mol. The molecule has 1 aromatic carbocycles. The summed E-state index contributed by atoms with van der Waals surface area (Å²) in [5.74, 6) is -0.212. The third kappa shape index (κ3) is 2.51. The van der Waals surface area contributed by atoms with Gasteiger partial charge in [-0.2, -0.15) is 4.98 Å². The zero-order valence-corrected chi connectivity index (χ0v) is 11.2. The molecular formula is C12H9F4N3OS. The Balaban J connectivity index is 1.99. The molecule has 0 N–H and O–H groups in total. The Morgan fingerprint density at radius 3 is 2.52 bits per heavy atom. The number of rotatable bonds is 2. The maximum atomic E-state index is 13.9. The molecule has 0 radical (unpaired) electrons. The molecule has 2 heterocycles. The van der Waals surface area contributed by atoms with Crippen LogP contribution in [0, 0.1) is 0 Å². The van der Waals surface area contributed by atoms with Crippen molar-refractivity contribution >= 4 is 11.2 Å². The summed E-state index contributed by atoms with van der Waals surface area (Å²) in [6.45, 7) is 0. The summed E-state index contributed by atoms with van der Waals surface area (Å²) in [4.78, 5) is 3.47. The van der Waals surface area contributed by atoms with Gasteiger partial charge in [0.2, 0.25) is 0 Å². The van der Waals surface area contributed by atoms with E-state index in [-0.39, 0.29) is 12.2 Å². The van der Waals surface area contributed by atoms with Crippen molar-refractivity contribution in [2.24, 2.45) is 0 Å². The number of hydrogen-bond acceptors (Lipinski definition) is 3. The number of alkyl halides is 4. The predicted octanol–water partition coefficient (Wildman–Crippen LogP) is 2.91. The van der Waals surface area contributed by atoms with Gasteiger partial charge in [-0.05, 0) is 5.56 Å². The fraction of sp³-hybridized carbons (Fsp3) is 0.333. The van der Waals surface area contributed by atoms with Crippen molar-refractivity contribution in [1.82, 2.24) is 14.8 Å². The number of benzene rings is 1. The van der Waals surface area contributed by atoms with Gasteiger partial charge in [0.25, 0.3) is 0 Å². The summed E-state index contributed by atoms with van der Waals surface area (Å²) in [5, 5.41) is 2.71. The summed E-state index contributed by atoms with van der Waals surface area (Å²) in [6.07, 6.45) is -1.47. The van der Waals surface area contributed by atoms with Crippen LogP contribution in [0.15, 0.2) is 35.5 Å². The van der Waals surface area contributed by atoms with E-state index in [2.05, 4.69) is 10.1 Å². The van der Waals surface area contributed by atoms with Crippen LogP contribution in [0.1, 0.15) is 30.0 Å². The second-order valence-corrected chi connectivity index (χ2v) is 5.91. The Labute approximate surface area is 120 Å². The van der Waals surface area contributed by atoms with Crippen molar-refractivity contribution in [3.05, 3.63) is 41.7 Å². The topological polar surface area (TPSA) is 53.8 Å². The van der Waals surface area contributed by atoms with Crippen LogP contribution >= 0.6 is 0 Å². The summed E-state index contributed by atoms with van der Waals surface area (Å²) in [6, 6.07) is 8.18. The first-order valence-electron chi connectivity index (χ1n) is 6.02. The second kappa shape index (κ2) is 4.99. The molecule has 0 aliphatic carbocycles. The minimum atomic E-state index is -4.96. The molecule has 112 valence electrons. The molecule has 21 heavy (non-hydrogen) atoms. The van der Waals surface area contributed by atoms with Crippen LogP contribution in [-0.4, -0.2) is 24.8 Å². The van der Waals surface area contributed by atoms with E-state index in [0.29, 0.717) is 5.56 Å². The molecule has 2 aromatic rings. The lowest BCUT2D eigenvalue weighted by molar-refractivity contribution is -0.0440. The van der Waals surface area contributed by atoms with Gasteiger partial charge < -0.3 is 4.55 Å². The fourth-order valence-corrected chi connectivity index (χ4v) is 2.84. The Bertz CT molecular complexity index is 646. The number of hydrogen-bond donors (Lipinski definition) is 0. The van der Waals surface area contributed by atoms with Gasteiger partial charge in [0.15, 0.2) is 12.0 Å². The molecule has 0 bridgehead atoms. The van der Waals surface area contributed by atoms with Crippen molar-refractivity contribution in [2.75, 3.05) is 0 Å². The molecule has 1 aliphatic heterocycles. The van der Waals surface area contributed by atoms with Gasteiger partial charge in [0, 0.05) is 6.42 Å². The highest BCUT2D eigenvalue weighted by molar-refractivity contribution is 7.92. The molecule has 4 nitrogen and oxygen atoms in total. The third-order valence-corrected chi connectivity index (χ3v) is 4.13. The maximum absolute atomic E-state index is 13.9. The highest BCUT2D eigenvalue weighted by Crippen LogP contribution is 2.40. The average Bonchev–Trinajstić information content (AvgIpc) is 2.99. The maximum Gasteiger partial charge on any atom is 0.581 e. The van der Waals surface area contributed by atoms with Gasteiger partial charge in [-0.15, -0.1) is 18.3 Å². The van der Waals surface area contributed by atoms with Gasteiger partial charge >= 0.3 is 10.7 Å². The second-order valence-electron chi connectivity index (χ2n) is 4.54. The largest absolute Gasteiger partial charge is 0.602 e. The highest BCUT2D eigenvalue weighted by atomic mass is 32.2. The van der Waals surface area contributed by atoms with Crippen LogP contribution in [0.3, 0.4) is 0 Å². The van der Waals surface area contributed by atoms with E-state index >= 15 is 0 Å². The van der Waals surface area contributed by atoms with E-state index in [0.717, 1.165) is 4.68 Å². The van der Waals surface area contributed by atoms with E-state index in [4.69, 9.17) is 0 Å². The Hall–Kier alpha value is -1.61. The molecule has 9 heteroatoms.